The molecule has 1 N–H and O–H groups in total. The largest absolute Gasteiger partial charge is 0.505 e. The average molecular weight is 250 g/mol. The molecule has 0 radical (unpaired) electrons. The van der Waals surface area contributed by atoms with Gasteiger partial charge in [0.05, 0.1) is 5.02 Å². The van der Waals surface area contributed by atoms with Crippen LogP contribution in [0.2, 0.25) is 5.02 Å². The van der Waals surface area contributed by atoms with Crippen molar-refractivity contribution in [1.29, 1.82) is 0 Å². The lowest BCUT2D eigenvalue weighted by atomic mass is 9.92. The van der Waals surface area contributed by atoms with Crippen LogP contribution in [0.3, 0.4) is 0 Å². The fourth-order valence-electron chi connectivity index (χ4n) is 2.25. The Morgan fingerprint density at radius 2 is 2.06 bits per heavy atom. The number of phenols is 1. The summed E-state index contributed by atoms with van der Waals surface area (Å²) in [5.74, 6) is 0.609. The number of nitrogens with zero attached hydrogens (tertiary/aromatic N) is 1. The Morgan fingerprint density at radius 3 is 2.71 bits per heavy atom. The number of halogens is 1. The molecule has 1 heterocycles. The van der Waals surface area contributed by atoms with Crippen LogP contribution in [-0.2, 0) is 0 Å². The van der Waals surface area contributed by atoms with Gasteiger partial charge in [0.2, 0.25) is 0 Å². The van der Waals surface area contributed by atoms with Crippen LogP contribution in [-0.4, -0.2) is 10.1 Å². The van der Waals surface area contributed by atoms with Crippen molar-refractivity contribution in [1.82, 2.24) is 4.98 Å². The molecule has 0 saturated carbocycles. The fourth-order valence-corrected chi connectivity index (χ4v) is 2.52. The smallest absolute Gasteiger partial charge is 0.145 e. The maximum atomic E-state index is 10.3. The van der Waals surface area contributed by atoms with Gasteiger partial charge in [0.1, 0.15) is 11.3 Å². The van der Waals surface area contributed by atoms with Crippen LogP contribution in [0, 0.1) is 0 Å². The normalized spacial score (nSPS) is 11.3. The first-order valence-corrected chi connectivity index (χ1v) is 6.32. The van der Waals surface area contributed by atoms with Gasteiger partial charge < -0.3 is 5.11 Å². The number of hydrogen-bond donors (Lipinski definition) is 1. The van der Waals surface area contributed by atoms with Gasteiger partial charge in [-0.2, -0.15) is 0 Å². The fraction of sp³-hybridized carbons (Fsp3) is 0.357. The predicted octanol–water partition coefficient (Wildman–Crippen LogP) is 4.50. The second-order valence-corrected chi connectivity index (χ2v) is 4.62. The van der Waals surface area contributed by atoms with E-state index in [1.807, 2.05) is 18.2 Å². The molecule has 2 rings (SSSR count). The van der Waals surface area contributed by atoms with E-state index < -0.39 is 0 Å². The summed E-state index contributed by atoms with van der Waals surface area (Å²) in [5.41, 5.74) is 1.51. The number of pyridine rings is 1. The lowest BCUT2D eigenvalue weighted by Crippen LogP contribution is -1.97. The number of phenolic OH excluding ortho intramolecular Hbond substituents is 1. The highest BCUT2D eigenvalue weighted by atomic mass is 35.5. The molecule has 2 aromatic rings. The van der Waals surface area contributed by atoms with Crippen LogP contribution in [0.25, 0.3) is 10.9 Å². The molecule has 17 heavy (non-hydrogen) atoms. The highest BCUT2D eigenvalue weighted by Crippen LogP contribution is 2.38. The molecule has 0 aliphatic carbocycles. The lowest BCUT2D eigenvalue weighted by Gasteiger charge is -2.16. The van der Waals surface area contributed by atoms with Gasteiger partial charge in [0, 0.05) is 17.1 Å². The lowest BCUT2D eigenvalue weighted by molar-refractivity contribution is 0.462. The van der Waals surface area contributed by atoms with Crippen molar-refractivity contribution in [3.8, 4) is 5.75 Å². The molecule has 0 spiro atoms. The van der Waals surface area contributed by atoms with E-state index in [0.717, 1.165) is 23.8 Å². The monoisotopic (exact) mass is 249 g/mol. The molecule has 1 aromatic carbocycles. The van der Waals surface area contributed by atoms with Crippen LogP contribution in [0.5, 0.6) is 5.75 Å². The second-order valence-electron chi connectivity index (χ2n) is 4.21. The molecule has 0 atom stereocenters. The molecule has 0 aliphatic rings. The highest BCUT2D eigenvalue weighted by molar-refractivity contribution is 6.35. The molecule has 3 heteroatoms. The maximum absolute atomic E-state index is 10.3. The molecule has 1 aromatic heterocycles. The van der Waals surface area contributed by atoms with Gasteiger partial charge in [-0.25, -0.2) is 0 Å². The zero-order chi connectivity index (χ0) is 12.4. The summed E-state index contributed by atoms with van der Waals surface area (Å²) in [6.07, 6.45) is 3.65. The summed E-state index contributed by atoms with van der Waals surface area (Å²) in [6, 6.07) is 5.57. The van der Waals surface area contributed by atoms with Gasteiger partial charge in [-0.15, -0.1) is 0 Å². The maximum Gasteiger partial charge on any atom is 0.145 e. The first-order valence-electron chi connectivity index (χ1n) is 5.95. The average Bonchev–Trinajstić information content (AvgIpc) is 2.37. The Morgan fingerprint density at radius 1 is 1.35 bits per heavy atom. The van der Waals surface area contributed by atoms with Gasteiger partial charge >= 0.3 is 0 Å². The first-order chi connectivity index (χ1) is 8.19. The second kappa shape index (κ2) is 4.92. The number of rotatable bonds is 3. The van der Waals surface area contributed by atoms with E-state index in [1.54, 1.807) is 6.20 Å². The van der Waals surface area contributed by atoms with E-state index in [-0.39, 0.29) is 5.75 Å². The van der Waals surface area contributed by atoms with Crippen molar-refractivity contribution in [2.45, 2.75) is 32.6 Å². The first kappa shape index (κ1) is 12.2. The van der Waals surface area contributed by atoms with E-state index in [4.69, 9.17) is 11.6 Å². The molecule has 0 unspecified atom stereocenters. The Balaban J connectivity index is 2.70. The summed E-state index contributed by atoms with van der Waals surface area (Å²) in [5, 5.41) is 11.8. The Kier molecular flexibility index (Phi) is 3.53. The van der Waals surface area contributed by atoms with Crippen molar-refractivity contribution in [3.05, 3.63) is 35.0 Å². The van der Waals surface area contributed by atoms with Crippen LogP contribution < -0.4 is 0 Å². The predicted molar refractivity (Wildman–Crippen MR) is 71.7 cm³/mol. The summed E-state index contributed by atoms with van der Waals surface area (Å²) in [6.45, 7) is 4.23. The third kappa shape index (κ3) is 2.09. The van der Waals surface area contributed by atoms with Crippen molar-refractivity contribution >= 4 is 22.5 Å². The number of fused-ring (bicyclic) bond motifs is 1. The number of hydrogen-bond acceptors (Lipinski definition) is 2. The summed E-state index contributed by atoms with van der Waals surface area (Å²) < 4.78 is 0. The molecule has 0 bridgehead atoms. The number of benzene rings is 1. The van der Waals surface area contributed by atoms with Gasteiger partial charge in [-0.05, 0) is 37.0 Å². The topological polar surface area (TPSA) is 33.1 Å². The molecule has 90 valence electrons. The molecule has 0 amide bonds. The van der Waals surface area contributed by atoms with E-state index in [2.05, 4.69) is 18.8 Å². The van der Waals surface area contributed by atoms with Crippen LogP contribution in [0.4, 0.5) is 0 Å². The molecule has 2 nitrogen and oxygen atoms in total. The molecule has 0 aliphatic heterocycles. The summed E-state index contributed by atoms with van der Waals surface area (Å²) in [4.78, 5) is 4.22. The number of aromatic hydroxyl groups is 1. The SMILES string of the molecule is CCC(CC)c1cc(Cl)c2cccnc2c1O. The van der Waals surface area contributed by atoms with Gasteiger partial charge in [0.15, 0.2) is 0 Å². The van der Waals surface area contributed by atoms with Crippen LogP contribution in [0.1, 0.15) is 38.2 Å². The highest BCUT2D eigenvalue weighted by Gasteiger charge is 2.16. The molecular formula is C14H16ClNO. The Bertz CT molecular complexity index is 535. The molecular weight excluding hydrogens is 234 g/mol. The zero-order valence-corrected chi connectivity index (χ0v) is 10.8. The number of aromatic nitrogens is 1. The Labute approximate surface area is 106 Å². The summed E-state index contributed by atoms with van der Waals surface area (Å²) >= 11 is 6.24. The Hall–Kier alpha value is -1.28. The standard InChI is InChI=1S/C14H16ClNO/c1-3-9(4-2)11-8-12(15)10-6-5-7-16-13(10)14(11)17/h5-9,17H,3-4H2,1-2H3. The summed E-state index contributed by atoms with van der Waals surface area (Å²) in [7, 11) is 0. The van der Waals surface area contributed by atoms with E-state index in [9.17, 15) is 5.11 Å². The van der Waals surface area contributed by atoms with Crippen LogP contribution in [0.15, 0.2) is 24.4 Å². The van der Waals surface area contributed by atoms with E-state index in [0.29, 0.717) is 16.5 Å². The molecule has 0 fully saturated rings. The minimum Gasteiger partial charge on any atom is -0.505 e. The van der Waals surface area contributed by atoms with E-state index >= 15 is 0 Å². The molecule has 0 saturated heterocycles. The van der Waals surface area contributed by atoms with Gasteiger partial charge in [-0.1, -0.05) is 25.4 Å². The van der Waals surface area contributed by atoms with Crippen molar-refractivity contribution < 1.29 is 5.11 Å². The van der Waals surface area contributed by atoms with Crippen molar-refractivity contribution in [2.24, 2.45) is 0 Å². The van der Waals surface area contributed by atoms with Gasteiger partial charge in [-0.3, -0.25) is 4.98 Å². The van der Waals surface area contributed by atoms with E-state index in [1.165, 1.54) is 0 Å². The quantitative estimate of drug-likeness (QED) is 0.869. The zero-order valence-electron chi connectivity index (χ0n) is 10.1. The third-order valence-corrected chi connectivity index (χ3v) is 3.58. The minimum absolute atomic E-state index is 0.277. The van der Waals surface area contributed by atoms with Gasteiger partial charge in [0.25, 0.3) is 0 Å². The third-order valence-electron chi connectivity index (χ3n) is 3.27. The van der Waals surface area contributed by atoms with Crippen LogP contribution >= 0.6 is 11.6 Å². The minimum atomic E-state index is 0.277. The van der Waals surface area contributed by atoms with Crippen molar-refractivity contribution in [2.75, 3.05) is 0 Å². The van der Waals surface area contributed by atoms with Crippen molar-refractivity contribution in [3.63, 3.8) is 0 Å².